The van der Waals surface area contributed by atoms with Crippen molar-refractivity contribution in [2.24, 2.45) is 0 Å². The van der Waals surface area contributed by atoms with E-state index in [1.165, 1.54) is 0 Å². The molecule has 0 bridgehead atoms. The van der Waals surface area contributed by atoms with Crippen molar-refractivity contribution in [3.8, 4) is 39.7 Å². The van der Waals surface area contributed by atoms with Crippen molar-refractivity contribution in [3.63, 3.8) is 0 Å². The van der Waals surface area contributed by atoms with Crippen molar-refractivity contribution >= 4 is 43.6 Å². The van der Waals surface area contributed by atoms with Gasteiger partial charge in [0.15, 0.2) is 0 Å². The zero-order chi connectivity index (χ0) is 36.7. The molecule has 46 heavy (non-hydrogen) atoms. The first-order chi connectivity index (χ1) is 25.7. The van der Waals surface area contributed by atoms with Crippen molar-refractivity contribution in [2.45, 2.75) is 0 Å². The molecule has 0 saturated heterocycles. The van der Waals surface area contributed by atoms with Crippen LogP contribution in [0.5, 0.6) is 0 Å². The van der Waals surface area contributed by atoms with E-state index in [4.69, 9.17) is 5.48 Å². The largest absolute Gasteiger partial charge is 0.309 e. The van der Waals surface area contributed by atoms with E-state index in [2.05, 4.69) is 41.0 Å². The number of hydrogen-bond acceptors (Lipinski definition) is 1. The quantitative estimate of drug-likeness (QED) is 0.200. The maximum atomic E-state index is 9.60. The third-order valence-electron chi connectivity index (χ3n) is 8.61. The lowest BCUT2D eigenvalue weighted by Crippen LogP contribution is -1.94. The average Bonchev–Trinajstić information content (AvgIpc) is 3.73. The molecule has 0 N–H and O–H groups in total. The lowest BCUT2D eigenvalue weighted by atomic mass is 10.0. The molecule has 0 atom stereocenters. The number of fused-ring (bicyclic) bond motifs is 6. The van der Waals surface area contributed by atoms with Gasteiger partial charge in [-0.15, -0.1) is 0 Å². The molecule has 9 rings (SSSR count). The SMILES string of the molecule is [2H]c1c([2H])c([2H])c2c(c1[2H])c1c([2H])c(-c3ccc4c(c3)c3ccccc3n4-c3ccc(-c4ccc(C#N)cc4)cc3)c([2H])c([2H])c1n2-c1ccccc1. The molecule has 214 valence electrons. The van der Waals surface area contributed by atoms with Gasteiger partial charge < -0.3 is 9.13 Å². The van der Waals surface area contributed by atoms with Crippen LogP contribution in [0.15, 0.2) is 164 Å². The maximum Gasteiger partial charge on any atom is 0.0991 e. The Balaban J connectivity index is 1.28. The summed E-state index contributed by atoms with van der Waals surface area (Å²) in [6.07, 6.45) is 0. The topological polar surface area (TPSA) is 33.6 Å². The molecule has 0 radical (unpaired) electrons. The zero-order valence-electron chi connectivity index (χ0n) is 31.4. The number of hydrogen-bond donors (Lipinski definition) is 0. The third kappa shape index (κ3) is 4.05. The predicted octanol–water partition coefficient (Wildman–Crippen LogP) is 11.1. The summed E-state index contributed by atoms with van der Waals surface area (Å²) in [6, 6.07) is 38.9. The van der Waals surface area contributed by atoms with Crippen LogP contribution in [0.4, 0.5) is 0 Å². The van der Waals surface area contributed by atoms with Crippen LogP contribution in [-0.2, 0) is 0 Å². The minimum atomic E-state index is -0.420. The van der Waals surface area contributed by atoms with Crippen LogP contribution < -0.4 is 0 Å². The maximum absolute atomic E-state index is 9.60. The highest BCUT2D eigenvalue weighted by atomic mass is 15.0. The summed E-state index contributed by atoms with van der Waals surface area (Å²) in [5, 5.41) is 11.4. The van der Waals surface area contributed by atoms with Gasteiger partial charge in [0, 0.05) is 32.9 Å². The van der Waals surface area contributed by atoms with Crippen molar-refractivity contribution in [1.29, 1.82) is 5.26 Å². The fourth-order valence-corrected chi connectivity index (χ4v) is 6.44. The molecule has 0 aliphatic heterocycles. The summed E-state index contributed by atoms with van der Waals surface area (Å²) in [4.78, 5) is 0. The molecular weight excluding hydrogens is 558 g/mol. The van der Waals surface area contributed by atoms with Crippen LogP contribution in [0, 0.1) is 11.3 Å². The van der Waals surface area contributed by atoms with Crippen molar-refractivity contribution < 1.29 is 9.60 Å². The van der Waals surface area contributed by atoms with Crippen LogP contribution in [0.2, 0.25) is 0 Å². The fourth-order valence-electron chi connectivity index (χ4n) is 6.44. The molecule has 0 unspecified atom stereocenters. The number of aromatic nitrogens is 2. The molecule has 3 nitrogen and oxygen atoms in total. The lowest BCUT2D eigenvalue weighted by molar-refractivity contribution is 1.18. The van der Waals surface area contributed by atoms with Gasteiger partial charge in [0.2, 0.25) is 0 Å². The summed E-state index contributed by atoms with van der Waals surface area (Å²) in [5.41, 5.74) is 7.17. The molecule has 2 aromatic heterocycles. The highest BCUT2D eigenvalue weighted by Gasteiger charge is 2.16. The van der Waals surface area contributed by atoms with E-state index in [0.29, 0.717) is 16.8 Å². The van der Waals surface area contributed by atoms with Crippen LogP contribution in [0.3, 0.4) is 0 Å². The normalized spacial score (nSPS) is 13.6. The zero-order valence-corrected chi connectivity index (χ0v) is 24.4. The van der Waals surface area contributed by atoms with Gasteiger partial charge in [0.05, 0.1) is 43.3 Å². The third-order valence-corrected chi connectivity index (χ3v) is 8.61. The van der Waals surface area contributed by atoms with Gasteiger partial charge in [-0.3, -0.25) is 0 Å². The monoisotopic (exact) mass is 592 g/mol. The fraction of sp³-hybridized carbons (Fsp3) is 0. The Labute approximate surface area is 276 Å². The molecule has 0 spiro atoms. The molecule has 0 saturated carbocycles. The smallest absolute Gasteiger partial charge is 0.0991 e. The van der Waals surface area contributed by atoms with Gasteiger partial charge in [-0.05, 0) is 95.0 Å². The second-order valence-electron chi connectivity index (χ2n) is 11.2. The molecule has 0 aliphatic rings. The number of benzene rings is 7. The number of para-hydroxylation sites is 3. The van der Waals surface area contributed by atoms with E-state index in [1.54, 1.807) is 41.0 Å². The Morgan fingerprint density at radius 3 is 1.89 bits per heavy atom. The van der Waals surface area contributed by atoms with E-state index in [1.807, 2.05) is 54.6 Å². The average molecular weight is 593 g/mol. The Morgan fingerprint density at radius 2 is 1.09 bits per heavy atom. The molecule has 3 heteroatoms. The van der Waals surface area contributed by atoms with E-state index in [-0.39, 0.29) is 57.6 Å². The minimum Gasteiger partial charge on any atom is -0.309 e. The van der Waals surface area contributed by atoms with Crippen molar-refractivity contribution in [1.82, 2.24) is 9.13 Å². The first-order valence-corrected chi connectivity index (χ1v) is 14.9. The van der Waals surface area contributed by atoms with E-state index < -0.39 is 12.1 Å². The Hall–Kier alpha value is -6.37. The van der Waals surface area contributed by atoms with Crippen LogP contribution >= 0.6 is 0 Å². The van der Waals surface area contributed by atoms with Gasteiger partial charge in [-0.2, -0.15) is 5.26 Å². The van der Waals surface area contributed by atoms with Crippen molar-refractivity contribution in [2.75, 3.05) is 0 Å². The molecule has 0 fully saturated rings. The van der Waals surface area contributed by atoms with E-state index in [9.17, 15) is 9.37 Å². The predicted molar refractivity (Wildman–Crippen MR) is 191 cm³/mol. The Kier molecular flexibility index (Phi) is 4.47. The van der Waals surface area contributed by atoms with Gasteiger partial charge in [-0.1, -0.05) is 90.9 Å². The van der Waals surface area contributed by atoms with Crippen LogP contribution in [0.25, 0.3) is 77.2 Å². The summed E-state index contributed by atoms with van der Waals surface area (Å²) in [7, 11) is 0. The van der Waals surface area contributed by atoms with E-state index in [0.717, 1.165) is 38.6 Å². The first-order valence-electron chi connectivity index (χ1n) is 18.4. The summed E-state index contributed by atoms with van der Waals surface area (Å²) in [5.74, 6) is 0. The molecule has 2 heterocycles. The van der Waals surface area contributed by atoms with Gasteiger partial charge >= 0.3 is 0 Å². The summed E-state index contributed by atoms with van der Waals surface area (Å²) in [6.45, 7) is 0. The van der Waals surface area contributed by atoms with Crippen molar-refractivity contribution in [3.05, 3.63) is 169 Å². The minimum absolute atomic E-state index is 0.0767. The summed E-state index contributed by atoms with van der Waals surface area (Å²) >= 11 is 0. The van der Waals surface area contributed by atoms with Crippen LogP contribution in [0.1, 0.15) is 15.2 Å². The second-order valence-corrected chi connectivity index (χ2v) is 11.2. The number of rotatable bonds is 4. The van der Waals surface area contributed by atoms with E-state index >= 15 is 0 Å². The van der Waals surface area contributed by atoms with Gasteiger partial charge in [0.25, 0.3) is 0 Å². The molecule has 0 amide bonds. The Bertz CT molecular complexity index is 3010. The highest BCUT2D eigenvalue weighted by Crippen LogP contribution is 2.38. The first kappa shape index (κ1) is 19.8. The Morgan fingerprint density at radius 1 is 0.457 bits per heavy atom. The van der Waals surface area contributed by atoms with Gasteiger partial charge in [0.1, 0.15) is 0 Å². The molecule has 9 aromatic rings. The lowest BCUT2D eigenvalue weighted by Gasteiger charge is -2.10. The van der Waals surface area contributed by atoms with Crippen LogP contribution in [-0.4, -0.2) is 9.13 Å². The summed E-state index contributed by atoms with van der Waals surface area (Å²) < 4.78 is 66.7. The number of nitriles is 1. The highest BCUT2D eigenvalue weighted by molar-refractivity contribution is 6.12. The second kappa shape index (κ2) is 10.4. The van der Waals surface area contributed by atoms with Gasteiger partial charge in [-0.25, -0.2) is 0 Å². The molecule has 7 aromatic carbocycles. The number of nitrogens with zero attached hydrogens (tertiary/aromatic N) is 3. The molecular formula is C43H27N3. The molecule has 0 aliphatic carbocycles. The standard InChI is InChI=1S/C43H27N3/c44-28-29-14-16-30(17-15-29)31-18-22-35(23-19-31)46-41-13-7-5-11-37(41)39-27-33(21-25-43(39)46)32-20-24-42-38(26-32)36-10-4-6-12-40(36)45(42)34-8-2-1-3-9-34/h1-27H/i4D,6D,10D,12D,20D,24D,26D.